The number of hydrogen-bond donors (Lipinski definition) is 1. The monoisotopic (exact) mass is 651 g/mol. The van der Waals surface area contributed by atoms with Gasteiger partial charge in [0.15, 0.2) is 11.0 Å². The number of carbonyl (C=O) groups is 2. The van der Waals surface area contributed by atoms with E-state index in [0.717, 1.165) is 27.9 Å². The minimum Gasteiger partial charge on any atom is -0.406 e. The Labute approximate surface area is 268 Å². The molecule has 10 nitrogen and oxygen atoms in total. The molecule has 1 saturated heterocycles. The van der Waals surface area contributed by atoms with Crippen LogP contribution >= 0.6 is 11.8 Å². The Morgan fingerprint density at radius 2 is 1.76 bits per heavy atom. The van der Waals surface area contributed by atoms with Gasteiger partial charge < -0.3 is 4.74 Å². The summed E-state index contributed by atoms with van der Waals surface area (Å²) in [5.74, 6) is 0.351. The number of ether oxygens (including phenoxy) is 1. The zero-order valence-electron chi connectivity index (χ0n) is 25.7. The third kappa shape index (κ3) is 7.57. The number of alkyl halides is 3. The van der Waals surface area contributed by atoms with E-state index in [4.69, 9.17) is 0 Å². The molecule has 240 valence electrons. The highest BCUT2D eigenvalue weighted by Crippen LogP contribution is 2.34. The van der Waals surface area contributed by atoms with Crippen LogP contribution in [0.3, 0.4) is 0 Å². The Morgan fingerprint density at radius 3 is 2.41 bits per heavy atom. The molecule has 1 aliphatic rings. The second-order valence-corrected chi connectivity index (χ2v) is 12.0. The number of aliphatic imine (C=N–C) groups is 1. The van der Waals surface area contributed by atoms with E-state index < -0.39 is 12.4 Å². The fraction of sp³-hybridized carbons (Fsp3) is 0.281. The second kappa shape index (κ2) is 13.3. The number of amides is 3. The van der Waals surface area contributed by atoms with Crippen molar-refractivity contribution in [2.24, 2.45) is 4.99 Å². The van der Waals surface area contributed by atoms with Crippen LogP contribution in [0.5, 0.6) is 5.75 Å². The molecule has 1 atom stereocenters. The molecule has 46 heavy (non-hydrogen) atoms. The molecule has 14 heteroatoms. The molecule has 4 aromatic rings. The van der Waals surface area contributed by atoms with Crippen molar-refractivity contribution in [1.29, 1.82) is 0 Å². The number of rotatable bonds is 8. The molecule has 0 radical (unpaired) electrons. The van der Waals surface area contributed by atoms with E-state index in [9.17, 15) is 22.8 Å². The average molecular weight is 652 g/mol. The predicted octanol–water partition coefficient (Wildman–Crippen LogP) is 7.02. The molecule has 2 heterocycles. The number of hydrazine groups is 1. The summed E-state index contributed by atoms with van der Waals surface area (Å²) in [6.45, 7) is 7.99. The van der Waals surface area contributed by atoms with Gasteiger partial charge in [-0.25, -0.2) is 19.5 Å². The number of amidine groups is 1. The van der Waals surface area contributed by atoms with E-state index in [1.807, 2.05) is 56.3 Å². The van der Waals surface area contributed by atoms with Crippen LogP contribution in [0.4, 0.5) is 23.7 Å². The lowest BCUT2D eigenvalue weighted by molar-refractivity contribution is -0.274. The normalized spacial score (nSPS) is 15.2. The van der Waals surface area contributed by atoms with Crippen molar-refractivity contribution in [3.63, 3.8) is 0 Å². The first kappa shape index (κ1) is 32.7. The summed E-state index contributed by atoms with van der Waals surface area (Å²) >= 11 is 1.23. The van der Waals surface area contributed by atoms with Crippen molar-refractivity contribution in [2.45, 2.75) is 46.0 Å². The minimum absolute atomic E-state index is 0.126. The van der Waals surface area contributed by atoms with Crippen molar-refractivity contribution < 1.29 is 27.5 Å². The quantitative estimate of drug-likeness (QED) is 0.204. The van der Waals surface area contributed by atoms with E-state index in [2.05, 4.69) is 39.1 Å². The molecule has 0 spiro atoms. The second-order valence-electron chi connectivity index (χ2n) is 11.0. The highest BCUT2D eigenvalue weighted by molar-refractivity contribution is 8.15. The van der Waals surface area contributed by atoms with Gasteiger partial charge in [-0.3, -0.25) is 15.1 Å². The maximum Gasteiger partial charge on any atom is 0.573 e. The molecule has 3 amide bonds. The summed E-state index contributed by atoms with van der Waals surface area (Å²) in [5, 5.41) is 6.41. The first-order valence-corrected chi connectivity index (χ1v) is 15.3. The van der Waals surface area contributed by atoms with Gasteiger partial charge in [0.25, 0.3) is 0 Å². The van der Waals surface area contributed by atoms with Crippen molar-refractivity contribution in [2.75, 3.05) is 17.7 Å². The zero-order chi connectivity index (χ0) is 33.2. The number of carbonyl (C=O) groups excluding carboxylic acids is 2. The number of halogens is 3. The first-order chi connectivity index (χ1) is 21.8. The molecule has 1 aromatic heterocycles. The SMILES string of the molecule is Cc1ccc(C(C)C)c(N2C(=O)CSC2=NC(=O)NN(C)C(C)c2ccc(-c3ncn(-c4ccc(OC(F)(F)F)cc4)n3)cc2)c1. The Morgan fingerprint density at radius 1 is 1.07 bits per heavy atom. The molecule has 1 fully saturated rings. The summed E-state index contributed by atoms with van der Waals surface area (Å²) in [5.41, 5.74) is 7.66. The van der Waals surface area contributed by atoms with Crippen LogP contribution in [0.2, 0.25) is 0 Å². The number of nitrogens with one attached hydrogen (secondary N) is 1. The van der Waals surface area contributed by atoms with E-state index in [-0.39, 0.29) is 29.4 Å². The molecular formula is C32H32F3N7O3S. The van der Waals surface area contributed by atoms with Gasteiger partial charge >= 0.3 is 12.4 Å². The highest BCUT2D eigenvalue weighted by Gasteiger charge is 2.33. The Bertz CT molecular complexity index is 1760. The largest absolute Gasteiger partial charge is 0.573 e. The van der Waals surface area contributed by atoms with Crippen LogP contribution in [-0.2, 0) is 4.79 Å². The molecule has 0 aliphatic carbocycles. The third-order valence-electron chi connectivity index (χ3n) is 7.34. The third-order valence-corrected chi connectivity index (χ3v) is 8.27. The summed E-state index contributed by atoms with van der Waals surface area (Å²) in [4.78, 5) is 35.9. The molecular weight excluding hydrogens is 619 g/mol. The predicted molar refractivity (Wildman–Crippen MR) is 171 cm³/mol. The van der Waals surface area contributed by atoms with Gasteiger partial charge in [0.1, 0.15) is 12.1 Å². The van der Waals surface area contributed by atoms with Crippen LogP contribution in [0, 0.1) is 6.92 Å². The number of nitrogens with zero attached hydrogens (tertiary/aromatic N) is 6. The maximum atomic E-state index is 13.0. The number of aryl methyl sites for hydroxylation is 1. The Balaban J connectivity index is 1.24. The zero-order valence-corrected chi connectivity index (χ0v) is 26.6. The van der Waals surface area contributed by atoms with Gasteiger partial charge in [-0.2, -0.15) is 4.99 Å². The summed E-state index contributed by atoms with van der Waals surface area (Å²) in [7, 11) is 1.73. The number of urea groups is 1. The molecule has 3 aromatic carbocycles. The number of anilines is 1. The molecule has 0 bridgehead atoms. The Kier molecular flexibility index (Phi) is 9.49. The Hall–Kier alpha value is -4.69. The highest BCUT2D eigenvalue weighted by atomic mass is 32.2. The average Bonchev–Trinajstić information content (AvgIpc) is 3.63. The smallest absolute Gasteiger partial charge is 0.406 e. The van der Waals surface area contributed by atoms with Gasteiger partial charge in [0.2, 0.25) is 5.91 Å². The summed E-state index contributed by atoms with van der Waals surface area (Å²) in [6.07, 6.45) is -3.30. The van der Waals surface area contributed by atoms with Crippen molar-refractivity contribution in [3.05, 3.63) is 89.7 Å². The van der Waals surface area contributed by atoms with Gasteiger partial charge in [-0.1, -0.05) is 62.0 Å². The van der Waals surface area contributed by atoms with Gasteiger partial charge in [0, 0.05) is 12.6 Å². The molecule has 0 saturated carbocycles. The molecule has 1 N–H and O–H groups in total. The van der Waals surface area contributed by atoms with Crippen LogP contribution < -0.4 is 15.1 Å². The van der Waals surface area contributed by atoms with Crippen LogP contribution in [0.1, 0.15) is 49.4 Å². The van der Waals surface area contributed by atoms with Crippen molar-refractivity contribution in [1.82, 2.24) is 25.2 Å². The van der Waals surface area contributed by atoms with E-state index in [0.29, 0.717) is 16.7 Å². The summed E-state index contributed by atoms with van der Waals surface area (Å²) in [6, 6.07) is 17.9. The number of benzene rings is 3. The van der Waals surface area contributed by atoms with Gasteiger partial charge in [-0.15, -0.1) is 18.3 Å². The number of thioether (sulfide) groups is 1. The lowest BCUT2D eigenvalue weighted by Gasteiger charge is -2.25. The molecule has 5 rings (SSSR count). The van der Waals surface area contributed by atoms with E-state index in [1.54, 1.807) is 12.1 Å². The van der Waals surface area contributed by atoms with E-state index >= 15 is 0 Å². The topological polar surface area (TPSA) is 105 Å². The number of aromatic nitrogens is 3. The number of hydrogen-bond acceptors (Lipinski definition) is 7. The lowest BCUT2D eigenvalue weighted by atomic mass is 9.99. The van der Waals surface area contributed by atoms with Crippen LogP contribution in [0.25, 0.3) is 17.1 Å². The van der Waals surface area contributed by atoms with Gasteiger partial charge in [0.05, 0.1) is 23.2 Å². The minimum atomic E-state index is -4.77. The van der Waals surface area contributed by atoms with Crippen molar-refractivity contribution in [3.8, 4) is 22.8 Å². The van der Waals surface area contributed by atoms with Crippen LogP contribution in [-0.4, -0.2) is 56.0 Å². The fourth-order valence-electron chi connectivity index (χ4n) is 4.83. The fourth-order valence-corrected chi connectivity index (χ4v) is 5.69. The molecule has 1 aliphatic heterocycles. The molecule has 1 unspecified atom stereocenters. The summed E-state index contributed by atoms with van der Waals surface area (Å²) < 4.78 is 42.7. The maximum absolute atomic E-state index is 13.0. The van der Waals surface area contributed by atoms with Crippen molar-refractivity contribution >= 4 is 34.6 Å². The first-order valence-electron chi connectivity index (χ1n) is 14.4. The standard InChI is InChI=1S/C32H32F3N7O3S/c1-19(2)26-15-6-20(3)16-27(26)42-28(43)17-46-31(42)37-30(44)39-40(5)21(4)22-7-9-23(10-8-22)29-36-18-41(38-29)24-11-13-25(14-12-24)45-32(33,34)35/h6-16,18-19,21H,17H2,1-5H3,(H,39,44). The van der Waals surface area contributed by atoms with Crippen LogP contribution in [0.15, 0.2) is 78.0 Å². The van der Waals surface area contributed by atoms with Gasteiger partial charge in [-0.05, 0) is 66.8 Å². The lowest BCUT2D eigenvalue weighted by Crippen LogP contribution is -2.40. The van der Waals surface area contributed by atoms with E-state index in [1.165, 1.54) is 51.9 Å².